The van der Waals surface area contributed by atoms with Gasteiger partial charge in [-0.2, -0.15) is 0 Å². The Morgan fingerprint density at radius 1 is 0.800 bits per heavy atom. The van der Waals surface area contributed by atoms with E-state index in [2.05, 4.69) is 27.2 Å². The largest absolute Gasteiger partial charge is 0.493 e. The minimum atomic E-state index is 0.00598. The van der Waals surface area contributed by atoms with Gasteiger partial charge in [0.2, 0.25) is 11.7 Å². The highest BCUT2D eigenvalue weighted by Gasteiger charge is 2.21. The van der Waals surface area contributed by atoms with Crippen LogP contribution in [-0.2, 0) is 11.3 Å². The molecule has 0 radical (unpaired) electrons. The number of nitrogens with one attached hydrogen (secondary N) is 1. The lowest BCUT2D eigenvalue weighted by atomic mass is 10.0. The monoisotopic (exact) mass is 475 g/mol. The number of carbonyl (C=O) groups excluding carboxylic acids is 1. The number of anilines is 1. The predicted octanol–water partition coefficient (Wildman–Crippen LogP) is 4.14. The molecule has 35 heavy (non-hydrogen) atoms. The Morgan fingerprint density at radius 3 is 2.03 bits per heavy atom. The molecular weight excluding hydrogens is 442 g/mol. The van der Waals surface area contributed by atoms with E-state index >= 15 is 0 Å². The molecule has 4 rings (SSSR count). The first-order valence-corrected chi connectivity index (χ1v) is 11.8. The molecule has 1 fully saturated rings. The van der Waals surface area contributed by atoms with Crippen LogP contribution in [0.3, 0.4) is 0 Å². The maximum Gasteiger partial charge on any atom is 0.238 e. The highest BCUT2D eigenvalue weighted by molar-refractivity contribution is 5.96. The molecule has 1 aliphatic rings. The van der Waals surface area contributed by atoms with Crippen LogP contribution in [0.25, 0.3) is 11.1 Å². The highest BCUT2D eigenvalue weighted by atomic mass is 16.5. The van der Waals surface area contributed by atoms with Crippen molar-refractivity contribution in [2.24, 2.45) is 0 Å². The molecule has 1 N–H and O–H groups in total. The van der Waals surface area contributed by atoms with Crippen molar-refractivity contribution in [1.29, 1.82) is 0 Å². The number of hydrogen-bond donors (Lipinski definition) is 1. The number of methoxy groups -OCH3 is 3. The van der Waals surface area contributed by atoms with E-state index in [4.69, 9.17) is 14.2 Å². The second-order valence-corrected chi connectivity index (χ2v) is 8.55. The van der Waals surface area contributed by atoms with Crippen LogP contribution < -0.4 is 19.5 Å². The van der Waals surface area contributed by atoms with Gasteiger partial charge in [-0.3, -0.25) is 14.6 Å². The fourth-order valence-corrected chi connectivity index (χ4v) is 4.44. The first-order chi connectivity index (χ1) is 17.1. The molecule has 0 bridgehead atoms. The zero-order chi connectivity index (χ0) is 24.6. The van der Waals surface area contributed by atoms with Gasteiger partial charge >= 0.3 is 0 Å². The Morgan fingerprint density at radius 2 is 1.40 bits per heavy atom. The quantitative estimate of drug-likeness (QED) is 0.502. The van der Waals surface area contributed by atoms with Gasteiger partial charge in [-0.1, -0.05) is 48.5 Å². The summed E-state index contributed by atoms with van der Waals surface area (Å²) in [6.07, 6.45) is 0. The third-order valence-corrected chi connectivity index (χ3v) is 6.25. The molecule has 0 unspecified atom stereocenters. The lowest BCUT2D eigenvalue weighted by Gasteiger charge is -2.34. The van der Waals surface area contributed by atoms with E-state index in [1.807, 2.05) is 54.6 Å². The molecule has 3 aromatic rings. The van der Waals surface area contributed by atoms with Gasteiger partial charge in [0.05, 0.1) is 27.9 Å². The Bertz CT molecular complexity index is 1100. The molecule has 0 saturated carbocycles. The SMILES string of the molecule is COc1cc(CN2CCN(CC(=O)Nc3ccccc3-c3ccccc3)CC2)cc(OC)c1OC. The third kappa shape index (κ3) is 6.12. The Hall–Kier alpha value is -3.55. The van der Waals surface area contributed by atoms with Gasteiger partial charge < -0.3 is 19.5 Å². The number of benzene rings is 3. The topological polar surface area (TPSA) is 63.3 Å². The number of nitrogens with zero attached hydrogens (tertiary/aromatic N) is 2. The van der Waals surface area contributed by atoms with Crippen LogP contribution in [0.5, 0.6) is 17.2 Å². The summed E-state index contributed by atoms with van der Waals surface area (Å²) in [5.74, 6) is 1.93. The molecule has 0 atom stereocenters. The van der Waals surface area contributed by atoms with E-state index in [9.17, 15) is 4.79 Å². The zero-order valence-electron chi connectivity index (χ0n) is 20.6. The summed E-state index contributed by atoms with van der Waals surface area (Å²) in [5.41, 5.74) is 4.05. The van der Waals surface area contributed by atoms with E-state index in [0.717, 1.165) is 55.1 Å². The molecule has 1 aliphatic heterocycles. The normalized spacial score (nSPS) is 14.4. The van der Waals surface area contributed by atoms with Crippen molar-refractivity contribution < 1.29 is 19.0 Å². The molecule has 0 aromatic heterocycles. The molecule has 3 aromatic carbocycles. The number of ether oxygens (including phenoxy) is 3. The number of piperazine rings is 1. The molecule has 0 aliphatic carbocycles. The standard InChI is InChI=1S/C28H33N3O4/c1-33-25-17-21(18-26(34-2)28(25)35-3)19-30-13-15-31(16-14-30)20-27(32)29-24-12-8-7-11-23(24)22-9-5-4-6-10-22/h4-12,17-18H,13-16,19-20H2,1-3H3,(H,29,32). The Balaban J connectivity index is 1.32. The zero-order valence-corrected chi connectivity index (χ0v) is 20.6. The maximum absolute atomic E-state index is 12.8. The molecule has 7 nitrogen and oxygen atoms in total. The van der Waals surface area contributed by atoms with E-state index in [-0.39, 0.29) is 5.91 Å². The fourth-order valence-electron chi connectivity index (χ4n) is 4.44. The van der Waals surface area contributed by atoms with Gasteiger partial charge in [-0.05, 0) is 29.3 Å². The first-order valence-electron chi connectivity index (χ1n) is 11.8. The van der Waals surface area contributed by atoms with Crippen LogP contribution in [-0.4, -0.2) is 69.8 Å². The molecule has 1 amide bonds. The Labute approximate surface area is 207 Å². The number of rotatable bonds is 9. The summed E-state index contributed by atoms with van der Waals surface area (Å²) >= 11 is 0. The van der Waals surface area contributed by atoms with E-state index in [0.29, 0.717) is 23.8 Å². The minimum absolute atomic E-state index is 0.00598. The van der Waals surface area contributed by atoms with Crippen LogP contribution in [0.15, 0.2) is 66.7 Å². The van der Waals surface area contributed by atoms with E-state index < -0.39 is 0 Å². The molecular formula is C28H33N3O4. The van der Waals surface area contributed by atoms with Gasteiger partial charge in [0.25, 0.3) is 0 Å². The maximum atomic E-state index is 12.8. The predicted molar refractivity (Wildman–Crippen MR) is 138 cm³/mol. The number of para-hydroxylation sites is 1. The second-order valence-electron chi connectivity index (χ2n) is 8.55. The van der Waals surface area contributed by atoms with E-state index in [1.54, 1.807) is 21.3 Å². The van der Waals surface area contributed by atoms with Gasteiger partial charge in [-0.25, -0.2) is 0 Å². The third-order valence-electron chi connectivity index (χ3n) is 6.25. The summed E-state index contributed by atoms with van der Waals surface area (Å²) in [5, 5.41) is 3.11. The van der Waals surface area contributed by atoms with Crippen molar-refractivity contribution in [3.8, 4) is 28.4 Å². The lowest BCUT2D eigenvalue weighted by Crippen LogP contribution is -2.48. The molecule has 184 valence electrons. The molecule has 0 spiro atoms. The summed E-state index contributed by atoms with van der Waals surface area (Å²) in [4.78, 5) is 17.4. The van der Waals surface area contributed by atoms with Crippen LogP contribution in [0, 0.1) is 0 Å². The van der Waals surface area contributed by atoms with Crippen LogP contribution in [0.4, 0.5) is 5.69 Å². The van der Waals surface area contributed by atoms with Crippen molar-refractivity contribution in [2.45, 2.75) is 6.54 Å². The van der Waals surface area contributed by atoms with Gasteiger partial charge in [0.1, 0.15) is 0 Å². The summed E-state index contributed by atoms with van der Waals surface area (Å²) in [6.45, 7) is 4.58. The second kappa shape index (κ2) is 11.7. The van der Waals surface area contributed by atoms with Crippen LogP contribution in [0.1, 0.15) is 5.56 Å². The molecule has 1 saturated heterocycles. The smallest absolute Gasteiger partial charge is 0.238 e. The summed E-state index contributed by atoms with van der Waals surface area (Å²) in [7, 11) is 4.86. The molecule has 1 heterocycles. The van der Waals surface area contributed by atoms with E-state index in [1.165, 1.54) is 0 Å². The van der Waals surface area contributed by atoms with Crippen molar-refractivity contribution in [3.05, 3.63) is 72.3 Å². The van der Waals surface area contributed by atoms with Crippen molar-refractivity contribution in [1.82, 2.24) is 9.80 Å². The number of hydrogen-bond acceptors (Lipinski definition) is 6. The van der Waals surface area contributed by atoms with Crippen molar-refractivity contribution in [3.63, 3.8) is 0 Å². The van der Waals surface area contributed by atoms with Crippen LogP contribution in [0.2, 0.25) is 0 Å². The first kappa shape index (κ1) is 24.6. The fraction of sp³-hybridized carbons (Fsp3) is 0.321. The average Bonchev–Trinajstić information content (AvgIpc) is 2.90. The number of amides is 1. The minimum Gasteiger partial charge on any atom is -0.493 e. The van der Waals surface area contributed by atoms with Crippen molar-refractivity contribution >= 4 is 11.6 Å². The van der Waals surface area contributed by atoms with Crippen LogP contribution >= 0.6 is 0 Å². The van der Waals surface area contributed by atoms with Crippen molar-refractivity contribution in [2.75, 3.05) is 59.4 Å². The van der Waals surface area contributed by atoms with Gasteiger partial charge in [0.15, 0.2) is 11.5 Å². The summed E-state index contributed by atoms with van der Waals surface area (Å²) < 4.78 is 16.4. The van der Waals surface area contributed by atoms with Gasteiger partial charge in [0, 0.05) is 44.0 Å². The molecule has 7 heteroatoms. The number of carbonyl (C=O) groups is 1. The Kier molecular flexibility index (Phi) is 8.23. The lowest BCUT2D eigenvalue weighted by molar-refractivity contribution is -0.117. The average molecular weight is 476 g/mol. The van der Waals surface area contributed by atoms with Gasteiger partial charge in [-0.15, -0.1) is 0 Å². The summed E-state index contributed by atoms with van der Waals surface area (Å²) in [6, 6.07) is 22.0. The highest BCUT2D eigenvalue weighted by Crippen LogP contribution is 2.38.